The largest absolute Gasteiger partial charge is 0.467 e. The zero-order valence-electron chi connectivity index (χ0n) is 19.5. The Morgan fingerprint density at radius 1 is 1.21 bits per heavy atom. The second kappa shape index (κ2) is 8.53. The predicted molar refractivity (Wildman–Crippen MR) is 129 cm³/mol. The van der Waals surface area contributed by atoms with Gasteiger partial charge in [-0.3, -0.25) is 9.48 Å². The molecular formula is C24H26FN7O2. The number of fused-ring (bicyclic) bond motifs is 2. The summed E-state index contributed by atoms with van der Waals surface area (Å²) in [5.41, 5.74) is 2.41. The van der Waals surface area contributed by atoms with Crippen LogP contribution in [0, 0.1) is 5.82 Å². The molecule has 9 nitrogen and oxygen atoms in total. The van der Waals surface area contributed by atoms with Gasteiger partial charge >= 0.3 is 6.01 Å². The van der Waals surface area contributed by atoms with Crippen LogP contribution >= 0.6 is 0 Å². The van der Waals surface area contributed by atoms with E-state index in [1.807, 2.05) is 6.07 Å². The highest BCUT2D eigenvalue weighted by Gasteiger charge is 2.24. The summed E-state index contributed by atoms with van der Waals surface area (Å²) in [7, 11) is 5.33. The number of carbonyl (C=O) groups excluding carboxylic acids is 1. The maximum Gasteiger partial charge on any atom is 0.316 e. The number of methoxy groups -OCH3 is 1. The smallest absolute Gasteiger partial charge is 0.316 e. The van der Waals surface area contributed by atoms with E-state index in [4.69, 9.17) is 4.74 Å². The first-order valence-corrected chi connectivity index (χ1v) is 11.1. The molecule has 2 aromatic carbocycles. The minimum atomic E-state index is -0.498. The third-order valence-electron chi connectivity index (χ3n) is 6.37. The number of anilines is 2. The lowest BCUT2D eigenvalue weighted by atomic mass is 10.1. The van der Waals surface area contributed by atoms with Crippen LogP contribution in [0.15, 0.2) is 36.7 Å². The Labute approximate surface area is 196 Å². The number of carbonyl (C=O) groups is 1. The number of amides is 1. The van der Waals surface area contributed by atoms with E-state index >= 15 is 0 Å². The van der Waals surface area contributed by atoms with Gasteiger partial charge in [0.15, 0.2) is 5.82 Å². The van der Waals surface area contributed by atoms with E-state index in [-0.39, 0.29) is 11.5 Å². The first-order chi connectivity index (χ1) is 16.3. The van der Waals surface area contributed by atoms with E-state index in [0.717, 1.165) is 30.7 Å². The molecule has 0 saturated carbocycles. The zero-order chi connectivity index (χ0) is 24.0. The lowest BCUT2D eigenvalue weighted by Crippen LogP contribution is -2.50. The Morgan fingerprint density at radius 3 is 2.79 bits per heavy atom. The van der Waals surface area contributed by atoms with Crippen LogP contribution in [0.1, 0.15) is 17.3 Å². The van der Waals surface area contributed by atoms with Gasteiger partial charge in [-0.1, -0.05) is 0 Å². The summed E-state index contributed by atoms with van der Waals surface area (Å²) in [5.74, 6) is -0.895. The van der Waals surface area contributed by atoms with Crippen LogP contribution < -0.4 is 15.0 Å². The van der Waals surface area contributed by atoms with Crippen molar-refractivity contribution in [1.82, 2.24) is 24.6 Å². The summed E-state index contributed by atoms with van der Waals surface area (Å²) in [6, 6.07) is 7.21. The van der Waals surface area contributed by atoms with Crippen molar-refractivity contribution in [2.45, 2.75) is 13.0 Å². The Bertz CT molecular complexity index is 1400. The van der Waals surface area contributed by atoms with Gasteiger partial charge in [0.1, 0.15) is 5.52 Å². The molecule has 0 bridgehead atoms. The van der Waals surface area contributed by atoms with E-state index in [9.17, 15) is 9.18 Å². The molecule has 10 heteroatoms. The molecule has 1 aliphatic rings. The normalized spacial score (nSPS) is 16.9. The van der Waals surface area contributed by atoms with Crippen molar-refractivity contribution >= 4 is 39.1 Å². The fraction of sp³-hybridized carbons (Fsp3) is 0.333. The molecule has 1 amide bonds. The van der Waals surface area contributed by atoms with Gasteiger partial charge in [-0.2, -0.15) is 10.1 Å². The Kier molecular flexibility index (Phi) is 5.52. The third-order valence-corrected chi connectivity index (χ3v) is 6.37. The van der Waals surface area contributed by atoms with Crippen molar-refractivity contribution in [2.75, 3.05) is 44.0 Å². The van der Waals surface area contributed by atoms with Gasteiger partial charge in [0.2, 0.25) is 0 Å². The van der Waals surface area contributed by atoms with Crippen LogP contribution in [-0.2, 0) is 7.05 Å². The number of piperazine rings is 1. The van der Waals surface area contributed by atoms with Gasteiger partial charge in [-0.25, -0.2) is 9.37 Å². The van der Waals surface area contributed by atoms with Crippen molar-refractivity contribution in [2.24, 2.45) is 7.05 Å². The first-order valence-electron chi connectivity index (χ1n) is 11.1. The van der Waals surface area contributed by atoms with E-state index in [0.29, 0.717) is 28.2 Å². The first kappa shape index (κ1) is 22.0. The number of hydrogen-bond acceptors (Lipinski definition) is 7. The van der Waals surface area contributed by atoms with Crippen molar-refractivity contribution in [3.8, 4) is 6.01 Å². The number of aryl methyl sites for hydroxylation is 1. The minimum Gasteiger partial charge on any atom is -0.467 e. The van der Waals surface area contributed by atoms with Gasteiger partial charge in [-0.05, 0) is 38.2 Å². The summed E-state index contributed by atoms with van der Waals surface area (Å²) in [4.78, 5) is 26.7. The maximum absolute atomic E-state index is 14.5. The highest BCUT2D eigenvalue weighted by Crippen LogP contribution is 2.31. The Hall–Kier alpha value is -3.79. The molecule has 5 rings (SSSR count). The third kappa shape index (κ3) is 3.90. The van der Waals surface area contributed by atoms with Crippen molar-refractivity contribution in [3.05, 3.63) is 48.0 Å². The number of likely N-dealkylation sites (N-methyl/N-ethyl adjacent to an activating group) is 1. The van der Waals surface area contributed by atoms with Crippen LogP contribution in [0.5, 0.6) is 6.01 Å². The van der Waals surface area contributed by atoms with Gasteiger partial charge in [-0.15, -0.1) is 0 Å². The molecular weight excluding hydrogens is 437 g/mol. The molecule has 34 heavy (non-hydrogen) atoms. The summed E-state index contributed by atoms with van der Waals surface area (Å²) in [6.45, 7) is 4.84. The quantitative estimate of drug-likeness (QED) is 0.498. The second-order valence-electron chi connectivity index (χ2n) is 8.68. The molecule has 1 fully saturated rings. The number of halogens is 1. The lowest BCUT2D eigenvalue weighted by molar-refractivity contribution is 0.102. The molecule has 4 aromatic rings. The SMILES string of the molecule is COc1ncc2c(N3CCN(C)C(C)C3)ccc(C(=O)Nc3cc(F)c4nn(C)cc4c3)c2n1. The summed E-state index contributed by atoms with van der Waals surface area (Å²) < 4.78 is 21.3. The molecule has 0 aliphatic carbocycles. The zero-order valence-corrected chi connectivity index (χ0v) is 19.5. The number of hydrogen-bond donors (Lipinski definition) is 1. The van der Waals surface area contributed by atoms with Gasteiger partial charge in [0.25, 0.3) is 5.91 Å². The van der Waals surface area contributed by atoms with Crippen LogP contribution in [0.4, 0.5) is 15.8 Å². The standard InChI is InChI=1S/C24H26FN7O2/c1-14-12-32(8-7-30(14)2)20-6-5-17(22-18(20)11-26-24(28-22)34-4)23(33)27-16-9-15-13-31(3)29-21(15)19(25)10-16/h5-6,9-11,13-14H,7-8,12H2,1-4H3,(H,27,33). The van der Waals surface area contributed by atoms with Gasteiger partial charge < -0.3 is 19.9 Å². The number of rotatable bonds is 4. The number of aromatic nitrogens is 4. The average Bonchev–Trinajstić information content (AvgIpc) is 3.20. The lowest BCUT2D eigenvalue weighted by Gasteiger charge is -2.39. The Morgan fingerprint density at radius 2 is 2.03 bits per heavy atom. The molecule has 1 N–H and O–H groups in total. The van der Waals surface area contributed by atoms with Crippen molar-refractivity contribution in [1.29, 1.82) is 0 Å². The van der Waals surface area contributed by atoms with Gasteiger partial charge in [0, 0.05) is 67.3 Å². The number of ether oxygens (including phenoxy) is 1. The Balaban J connectivity index is 1.53. The van der Waals surface area contributed by atoms with Crippen molar-refractivity contribution in [3.63, 3.8) is 0 Å². The van der Waals surface area contributed by atoms with Crippen LogP contribution in [-0.4, -0.2) is 70.4 Å². The van der Waals surface area contributed by atoms with Crippen molar-refractivity contribution < 1.29 is 13.9 Å². The molecule has 1 saturated heterocycles. The molecule has 2 aromatic heterocycles. The maximum atomic E-state index is 14.5. The highest BCUT2D eigenvalue weighted by atomic mass is 19.1. The van der Waals surface area contributed by atoms with Gasteiger partial charge in [0.05, 0.1) is 18.2 Å². The van der Waals surface area contributed by atoms with Crippen LogP contribution in [0.2, 0.25) is 0 Å². The van der Waals surface area contributed by atoms with E-state index in [1.54, 1.807) is 31.6 Å². The summed E-state index contributed by atoms with van der Waals surface area (Å²) >= 11 is 0. The minimum absolute atomic E-state index is 0.174. The molecule has 0 spiro atoms. The second-order valence-corrected chi connectivity index (χ2v) is 8.68. The van der Waals surface area contributed by atoms with E-state index in [2.05, 4.69) is 44.2 Å². The summed E-state index contributed by atoms with van der Waals surface area (Å²) in [6.07, 6.45) is 3.39. The van der Waals surface area contributed by atoms with Crippen LogP contribution in [0.3, 0.4) is 0 Å². The molecule has 1 unspecified atom stereocenters. The fourth-order valence-electron chi connectivity index (χ4n) is 4.40. The molecule has 0 radical (unpaired) electrons. The average molecular weight is 464 g/mol. The summed E-state index contributed by atoms with van der Waals surface area (Å²) in [5, 5.41) is 8.28. The molecule has 176 valence electrons. The fourth-order valence-corrected chi connectivity index (χ4v) is 4.40. The monoisotopic (exact) mass is 463 g/mol. The number of nitrogens with zero attached hydrogens (tertiary/aromatic N) is 6. The predicted octanol–water partition coefficient (Wildman–Crippen LogP) is 3.06. The number of nitrogens with one attached hydrogen (secondary N) is 1. The molecule has 1 atom stereocenters. The van der Waals surface area contributed by atoms with Crippen LogP contribution in [0.25, 0.3) is 21.8 Å². The topological polar surface area (TPSA) is 88.4 Å². The highest BCUT2D eigenvalue weighted by molar-refractivity contribution is 6.14. The van der Waals surface area contributed by atoms with E-state index < -0.39 is 11.7 Å². The van der Waals surface area contributed by atoms with E-state index in [1.165, 1.54) is 17.9 Å². The molecule has 3 heterocycles. The molecule has 1 aliphatic heterocycles. The number of benzene rings is 2.